The fourth-order valence-corrected chi connectivity index (χ4v) is 1.57. The van der Waals surface area contributed by atoms with Crippen molar-refractivity contribution in [3.63, 3.8) is 0 Å². The summed E-state index contributed by atoms with van der Waals surface area (Å²) in [6.07, 6.45) is 0. The lowest BCUT2D eigenvalue weighted by Crippen LogP contribution is -2.19. The molecule has 0 aliphatic carbocycles. The first-order chi connectivity index (χ1) is 6.07. The number of aromatic nitrogens is 1. The van der Waals surface area contributed by atoms with E-state index in [1.807, 2.05) is 37.5 Å². The molecule has 1 heterocycles. The SMILES string of the molecule is COC(=O)[C@H](C)n1c(C)ccc1C. The molecular weight excluding hydrogens is 166 g/mol. The fourth-order valence-electron chi connectivity index (χ4n) is 1.57. The minimum Gasteiger partial charge on any atom is -0.467 e. The molecule has 0 N–H and O–H groups in total. The molecule has 0 radical (unpaired) electrons. The molecule has 1 atom stereocenters. The number of hydrogen-bond acceptors (Lipinski definition) is 2. The summed E-state index contributed by atoms with van der Waals surface area (Å²) in [5, 5.41) is 0. The van der Waals surface area contributed by atoms with Crippen LogP contribution in [0.15, 0.2) is 12.1 Å². The van der Waals surface area contributed by atoms with Crippen LogP contribution in [-0.4, -0.2) is 17.6 Å². The van der Waals surface area contributed by atoms with E-state index in [1.54, 1.807) is 0 Å². The highest BCUT2D eigenvalue weighted by Crippen LogP contribution is 2.16. The minimum atomic E-state index is -0.236. The number of aryl methyl sites for hydroxylation is 2. The molecular formula is C10H15NO2. The van der Waals surface area contributed by atoms with Crippen LogP contribution in [0.5, 0.6) is 0 Å². The van der Waals surface area contributed by atoms with Crippen LogP contribution in [0.1, 0.15) is 24.4 Å². The van der Waals surface area contributed by atoms with Crippen molar-refractivity contribution in [2.75, 3.05) is 7.11 Å². The van der Waals surface area contributed by atoms with E-state index >= 15 is 0 Å². The zero-order chi connectivity index (χ0) is 10.0. The highest BCUT2D eigenvalue weighted by atomic mass is 16.5. The molecule has 0 aromatic carbocycles. The van der Waals surface area contributed by atoms with E-state index in [1.165, 1.54) is 7.11 Å². The third-order valence-electron chi connectivity index (χ3n) is 2.26. The monoisotopic (exact) mass is 181 g/mol. The van der Waals surface area contributed by atoms with Crippen LogP contribution in [-0.2, 0) is 9.53 Å². The Morgan fingerprint density at radius 3 is 2.23 bits per heavy atom. The van der Waals surface area contributed by atoms with Gasteiger partial charge in [0.2, 0.25) is 0 Å². The van der Waals surface area contributed by atoms with Gasteiger partial charge in [0.15, 0.2) is 0 Å². The predicted molar refractivity (Wildman–Crippen MR) is 50.6 cm³/mol. The molecule has 0 amide bonds. The Labute approximate surface area is 78.3 Å². The number of hydrogen-bond donors (Lipinski definition) is 0. The molecule has 0 saturated heterocycles. The van der Waals surface area contributed by atoms with E-state index in [0.717, 1.165) is 11.4 Å². The predicted octanol–water partition coefficient (Wildman–Crippen LogP) is 1.84. The number of carbonyl (C=O) groups is 1. The summed E-state index contributed by atoms with van der Waals surface area (Å²) >= 11 is 0. The molecule has 72 valence electrons. The van der Waals surface area contributed by atoms with Crippen LogP contribution >= 0.6 is 0 Å². The van der Waals surface area contributed by atoms with Crippen molar-refractivity contribution in [2.45, 2.75) is 26.8 Å². The second kappa shape index (κ2) is 3.64. The van der Waals surface area contributed by atoms with Crippen LogP contribution in [0.25, 0.3) is 0 Å². The molecule has 0 saturated carbocycles. The molecule has 0 fully saturated rings. The maximum absolute atomic E-state index is 11.3. The van der Waals surface area contributed by atoms with Crippen molar-refractivity contribution in [1.82, 2.24) is 4.57 Å². The molecule has 1 aromatic rings. The van der Waals surface area contributed by atoms with Gasteiger partial charge in [-0.05, 0) is 32.9 Å². The van der Waals surface area contributed by atoms with E-state index in [9.17, 15) is 4.79 Å². The Morgan fingerprint density at radius 1 is 1.38 bits per heavy atom. The largest absolute Gasteiger partial charge is 0.467 e. The van der Waals surface area contributed by atoms with Crippen LogP contribution in [0.3, 0.4) is 0 Å². The van der Waals surface area contributed by atoms with Crippen molar-refractivity contribution in [3.8, 4) is 0 Å². The highest BCUT2D eigenvalue weighted by Gasteiger charge is 2.17. The maximum Gasteiger partial charge on any atom is 0.328 e. The van der Waals surface area contributed by atoms with Crippen LogP contribution < -0.4 is 0 Å². The molecule has 0 bridgehead atoms. The molecule has 13 heavy (non-hydrogen) atoms. The van der Waals surface area contributed by atoms with Gasteiger partial charge in [-0.1, -0.05) is 0 Å². The van der Waals surface area contributed by atoms with Gasteiger partial charge in [0.05, 0.1) is 7.11 Å². The van der Waals surface area contributed by atoms with Crippen molar-refractivity contribution in [1.29, 1.82) is 0 Å². The van der Waals surface area contributed by atoms with Gasteiger partial charge in [-0.25, -0.2) is 4.79 Å². The van der Waals surface area contributed by atoms with Crippen molar-refractivity contribution >= 4 is 5.97 Å². The van der Waals surface area contributed by atoms with Crippen LogP contribution in [0, 0.1) is 13.8 Å². The first kappa shape index (κ1) is 9.84. The van der Waals surface area contributed by atoms with E-state index < -0.39 is 0 Å². The third-order valence-corrected chi connectivity index (χ3v) is 2.26. The second-order valence-electron chi connectivity index (χ2n) is 3.19. The van der Waals surface area contributed by atoms with Gasteiger partial charge in [0.1, 0.15) is 6.04 Å². The van der Waals surface area contributed by atoms with Gasteiger partial charge in [0.25, 0.3) is 0 Å². The summed E-state index contributed by atoms with van der Waals surface area (Å²) in [6.45, 7) is 5.80. The summed E-state index contributed by atoms with van der Waals surface area (Å²) in [4.78, 5) is 11.3. The normalized spacial score (nSPS) is 12.6. The second-order valence-corrected chi connectivity index (χ2v) is 3.19. The molecule has 0 unspecified atom stereocenters. The summed E-state index contributed by atoms with van der Waals surface area (Å²) < 4.78 is 6.65. The van der Waals surface area contributed by atoms with Gasteiger partial charge in [0, 0.05) is 11.4 Å². The zero-order valence-electron chi connectivity index (χ0n) is 8.50. The van der Waals surface area contributed by atoms with E-state index in [4.69, 9.17) is 0 Å². The van der Waals surface area contributed by atoms with Gasteiger partial charge < -0.3 is 9.30 Å². The molecule has 0 aliphatic rings. The maximum atomic E-state index is 11.3. The number of esters is 1. The molecule has 0 aliphatic heterocycles. The Kier molecular flexibility index (Phi) is 2.76. The summed E-state index contributed by atoms with van der Waals surface area (Å²) in [5.74, 6) is -0.206. The Bertz CT molecular complexity index is 295. The number of carbonyl (C=O) groups excluding carboxylic acids is 1. The van der Waals surface area contributed by atoms with Crippen LogP contribution in [0.2, 0.25) is 0 Å². The quantitative estimate of drug-likeness (QED) is 0.652. The average Bonchev–Trinajstić information content (AvgIpc) is 2.44. The van der Waals surface area contributed by atoms with Crippen molar-refractivity contribution < 1.29 is 9.53 Å². The Balaban J connectivity index is 3.00. The topological polar surface area (TPSA) is 31.2 Å². The Hall–Kier alpha value is -1.25. The summed E-state index contributed by atoms with van der Waals surface area (Å²) in [7, 11) is 1.41. The van der Waals surface area contributed by atoms with Gasteiger partial charge in [-0.3, -0.25) is 0 Å². The van der Waals surface area contributed by atoms with E-state index in [2.05, 4.69) is 4.74 Å². The van der Waals surface area contributed by atoms with Gasteiger partial charge in [-0.15, -0.1) is 0 Å². The molecule has 0 spiro atoms. The highest BCUT2D eigenvalue weighted by molar-refractivity contribution is 5.73. The van der Waals surface area contributed by atoms with Gasteiger partial charge in [-0.2, -0.15) is 0 Å². The number of methoxy groups -OCH3 is 1. The first-order valence-corrected chi connectivity index (χ1v) is 4.30. The lowest BCUT2D eigenvalue weighted by atomic mass is 10.3. The molecule has 1 rings (SSSR count). The average molecular weight is 181 g/mol. The number of ether oxygens (including phenoxy) is 1. The van der Waals surface area contributed by atoms with E-state index in [0.29, 0.717) is 0 Å². The van der Waals surface area contributed by atoms with Crippen molar-refractivity contribution in [2.24, 2.45) is 0 Å². The number of rotatable bonds is 2. The van der Waals surface area contributed by atoms with Crippen molar-refractivity contribution in [3.05, 3.63) is 23.5 Å². The summed E-state index contributed by atoms with van der Waals surface area (Å²) in [5.41, 5.74) is 2.16. The first-order valence-electron chi connectivity index (χ1n) is 4.30. The summed E-state index contributed by atoms with van der Waals surface area (Å²) in [6, 6.07) is 3.75. The van der Waals surface area contributed by atoms with E-state index in [-0.39, 0.29) is 12.0 Å². The lowest BCUT2D eigenvalue weighted by molar-refractivity contribution is -0.144. The number of nitrogens with zero attached hydrogens (tertiary/aromatic N) is 1. The molecule has 1 aromatic heterocycles. The smallest absolute Gasteiger partial charge is 0.328 e. The van der Waals surface area contributed by atoms with Gasteiger partial charge >= 0.3 is 5.97 Å². The zero-order valence-corrected chi connectivity index (χ0v) is 8.50. The molecule has 3 nitrogen and oxygen atoms in total. The minimum absolute atomic E-state index is 0.206. The lowest BCUT2D eigenvalue weighted by Gasteiger charge is -2.15. The Morgan fingerprint density at radius 2 is 1.85 bits per heavy atom. The van der Waals surface area contributed by atoms with Crippen LogP contribution in [0.4, 0.5) is 0 Å². The molecule has 3 heteroatoms. The standard InChI is InChI=1S/C10H15NO2/c1-7-5-6-8(2)11(7)9(3)10(12)13-4/h5-6,9H,1-4H3/t9-/m0/s1. The fraction of sp³-hybridized carbons (Fsp3) is 0.500. The third kappa shape index (κ3) is 1.74.